The van der Waals surface area contributed by atoms with E-state index >= 15 is 0 Å². The number of piperidine rings is 1. The number of hydrogen-bond acceptors (Lipinski definition) is 4. The molecule has 1 fully saturated rings. The minimum atomic E-state index is -0.0980. The lowest BCUT2D eigenvalue weighted by atomic mass is 9.99. The summed E-state index contributed by atoms with van der Waals surface area (Å²) in [5.74, 6) is 0.801. The number of aromatic nitrogens is 2. The first-order valence-corrected chi connectivity index (χ1v) is 8.22. The lowest BCUT2D eigenvalue weighted by Crippen LogP contribution is -2.42. The van der Waals surface area contributed by atoms with E-state index in [0.29, 0.717) is 25.3 Å². The smallest absolute Gasteiger partial charge is 0.251 e. The Bertz CT molecular complexity index is 555. The summed E-state index contributed by atoms with van der Waals surface area (Å²) in [6.45, 7) is 6.14. The number of aryl methyl sites for hydroxylation is 1. The number of aromatic amines is 1. The number of carbonyl (C=O) groups is 1. The number of nitrogens with zero attached hydrogens (tertiary/aromatic N) is 2. The zero-order valence-corrected chi connectivity index (χ0v) is 13.5. The minimum Gasteiger partial charge on any atom is -0.356 e. The number of carbonyl (C=O) groups excluding carboxylic acids is 1. The van der Waals surface area contributed by atoms with Crippen LogP contribution < -0.4 is 10.9 Å². The van der Waals surface area contributed by atoms with Crippen molar-refractivity contribution >= 4 is 5.91 Å². The van der Waals surface area contributed by atoms with Crippen LogP contribution in [0.2, 0.25) is 0 Å². The van der Waals surface area contributed by atoms with Crippen molar-refractivity contribution < 1.29 is 4.79 Å². The number of likely N-dealkylation sites (tertiary alicyclic amines) is 1. The van der Waals surface area contributed by atoms with Gasteiger partial charge in [0.2, 0.25) is 5.91 Å². The van der Waals surface area contributed by atoms with E-state index in [1.54, 1.807) is 6.07 Å². The molecule has 2 N–H and O–H groups in total. The first-order chi connectivity index (χ1) is 10.6. The van der Waals surface area contributed by atoms with E-state index in [1.807, 2.05) is 13.8 Å². The highest BCUT2D eigenvalue weighted by Gasteiger charge is 2.25. The van der Waals surface area contributed by atoms with Gasteiger partial charge in [0.25, 0.3) is 5.56 Å². The molecule has 6 heteroatoms. The van der Waals surface area contributed by atoms with Gasteiger partial charge in [-0.3, -0.25) is 14.5 Å². The van der Waals surface area contributed by atoms with E-state index < -0.39 is 0 Å². The first-order valence-electron chi connectivity index (χ1n) is 8.22. The largest absolute Gasteiger partial charge is 0.356 e. The Balaban J connectivity index is 2.06. The zero-order chi connectivity index (χ0) is 15.9. The summed E-state index contributed by atoms with van der Waals surface area (Å²) >= 11 is 0. The molecule has 1 amide bonds. The molecule has 1 aromatic rings. The van der Waals surface area contributed by atoms with Crippen LogP contribution in [0.1, 0.15) is 51.0 Å². The highest BCUT2D eigenvalue weighted by atomic mass is 16.1. The molecule has 0 saturated carbocycles. The highest BCUT2D eigenvalue weighted by molar-refractivity contribution is 5.76. The van der Waals surface area contributed by atoms with Crippen molar-refractivity contribution in [1.82, 2.24) is 20.2 Å². The summed E-state index contributed by atoms with van der Waals surface area (Å²) in [5, 5.41) is 2.87. The molecule has 122 valence electrons. The summed E-state index contributed by atoms with van der Waals surface area (Å²) in [5.41, 5.74) is 0.718. The molecule has 1 unspecified atom stereocenters. The Hall–Kier alpha value is -1.69. The SMILES string of the molecule is CCNC(=O)CC1CCCCN1Cc1nc(CC)cc(=O)[nH]1. The molecule has 1 atom stereocenters. The van der Waals surface area contributed by atoms with Crippen LogP contribution in [-0.4, -0.2) is 39.9 Å². The maximum atomic E-state index is 11.9. The molecule has 0 aromatic carbocycles. The second-order valence-electron chi connectivity index (χ2n) is 5.81. The predicted molar refractivity (Wildman–Crippen MR) is 85.6 cm³/mol. The molecule has 2 rings (SSSR count). The van der Waals surface area contributed by atoms with Crippen LogP contribution in [0.25, 0.3) is 0 Å². The number of hydrogen-bond donors (Lipinski definition) is 2. The van der Waals surface area contributed by atoms with E-state index in [2.05, 4.69) is 20.2 Å². The fraction of sp³-hybridized carbons (Fsp3) is 0.688. The third-order valence-electron chi connectivity index (χ3n) is 4.10. The van der Waals surface area contributed by atoms with Gasteiger partial charge in [-0.15, -0.1) is 0 Å². The average Bonchev–Trinajstić information content (AvgIpc) is 2.49. The summed E-state index contributed by atoms with van der Waals surface area (Å²) < 4.78 is 0. The van der Waals surface area contributed by atoms with Gasteiger partial charge in [-0.1, -0.05) is 13.3 Å². The molecule has 1 aliphatic heterocycles. The van der Waals surface area contributed by atoms with Crippen LogP contribution in [0.5, 0.6) is 0 Å². The van der Waals surface area contributed by atoms with Crippen LogP contribution in [0, 0.1) is 0 Å². The molecule has 1 aromatic heterocycles. The topological polar surface area (TPSA) is 78.1 Å². The van der Waals surface area contributed by atoms with Crippen LogP contribution in [0.3, 0.4) is 0 Å². The standard InChI is InChI=1S/C16H26N4O2/c1-3-12-9-16(22)19-14(18-12)11-20-8-6-5-7-13(20)10-15(21)17-4-2/h9,13H,3-8,10-11H2,1-2H3,(H,17,21)(H,18,19,22). The van der Waals surface area contributed by atoms with Crippen molar-refractivity contribution in [2.75, 3.05) is 13.1 Å². The van der Waals surface area contributed by atoms with Gasteiger partial charge in [-0.25, -0.2) is 4.98 Å². The second-order valence-corrected chi connectivity index (χ2v) is 5.81. The third kappa shape index (κ3) is 4.66. The monoisotopic (exact) mass is 306 g/mol. The molecule has 0 spiro atoms. The number of rotatable bonds is 6. The average molecular weight is 306 g/mol. The van der Waals surface area contributed by atoms with E-state index in [0.717, 1.165) is 37.9 Å². The van der Waals surface area contributed by atoms with Crippen molar-refractivity contribution in [2.45, 2.75) is 58.5 Å². The Labute approximate surface area is 131 Å². The Morgan fingerprint density at radius 2 is 2.27 bits per heavy atom. The van der Waals surface area contributed by atoms with E-state index in [-0.39, 0.29) is 17.5 Å². The second kappa shape index (κ2) is 8.08. The van der Waals surface area contributed by atoms with E-state index in [9.17, 15) is 9.59 Å². The summed E-state index contributed by atoms with van der Waals surface area (Å²) in [4.78, 5) is 33.1. The Kier molecular flexibility index (Phi) is 6.12. The van der Waals surface area contributed by atoms with E-state index in [4.69, 9.17) is 0 Å². The number of nitrogens with one attached hydrogen (secondary N) is 2. The number of H-pyrrole nitrogens is 1. The van der Waals surface area contributed by atoms with Gasteiger partial charge >= 0.3 is 0 Å². The fourth-order valence-electron chi connectivity index (χ4n) is 2.99. The normalized spacial score (nSPS) is 19.1. The van der Waals surface area contributed by atoms with Crippen LogP contribution in [0.15, 0.2) is 10.9 Å². The molecule has 0 aliphatic carbocycles. The third-order valence-corrected chi connectivity index (χ3v) is 4.10. The molecule has 1 aliphatic rings. The van der Waals surface area contributed by atoms with Crippen LogP contribution in [0.4, 0.5) is 0 Å². The van der Waals surface area contributed by atoms with Gasteiger partial charge in [0.15, 0.2) is 0 Å². The van der Waals surface area contributed by atoms with Crippen LogP contribution >= 0.6 is 0 Å². The van der Waals surface area contributed by atoms with Crippen molar-refractivity contribution in [3.63, 3.8) is 0 Å². The maximum Gasteiger partial charge on any atom is 0.251 e. The maximum absolute atomic E-state index is 11.9. The van der Waals surface area contributed by atoms with Gasteiger partial charge in [-0.05, 0) is 32.7 Å². The first kappa shape index (κ1) is 16.7. The van der Waals surface area contributed by atoms with Crippen molar-refractivity contribution in [2.24, 2.45) is 0 Å². The van der Waals surface area contributed by atoms with E-state index in [1.165, 1.54) is 0 Å². The van der Waals surface area contributed by atoms with Gasteiger partial charge in [0.05, 0.1) is 6.54 Å². The lowest BCUT2D eigenvalue weighted by Gasteiger charge is -2.35. The fourth-order valence-corrected chi connectivity index (χ4v) is 2.99. The van der Waals surface area contributed by atoms with Gasteiger partial charge < -0.3 is 10.3 Å². The Morgan fingerprint density at radius 3 is 3.00 bits per heavy atom. The molecule has 0 bridgehead atoms. The molecular formula is C16H26N4O2. The molecular weight excluding hydrogens is 280 g/mol. The van der Waals surface area contributed by atoms with Crippen molar-refractivity contribution in [1.29, 1.82) is 0 Å². The van der Waals surface area contributed by atoms with Crippen molar-refractivity contribution in [3.8, 4) is 0 Å². The highest BCUT2D eigenvalue weighted by Crippen LogP contribution is 2.21. The molecule has 6 nitrogen and oxygen atoms in total. The number of amides is 1. The van der Waals surface area contributed by atoms with Crippen LogP contribution in [-0.2, 0) is 17.8 Å². The van der Waals surface area contributed by atoms with Gasteiger partial charge in [0, 0.05) is 30.8 Å². The zero-order valence-electron chi connectivity index (χ0n) is 13.5. The predicted octanol–water partition coefficient (Wildman–Crippen LogP) is 1.21. The van der Waals surface area contributed by atoms with Crippen molar-refractivity contribution in [3.05, 3.63) is 27.9 Å². The quantitative estimate of drug-likeness (QED) is 0.828. The van der Waals surface area contributed by atoms with Gasteiger partial charge in [0.1, 0.15) is 5.82 Å². The molecule has 2 heterocycles. The molecule has 0 radical (unpaired) electrons. The summed E-state index contributed by atoms with van der Waals surface area (Å²) in [7, 11) is 0. The summed E-state index contributed by atoms with van der Waals surface area (Å²) in [6.07, 6.45) is 4.57. The summed E-state index contributed by atoms with van der Waals surface area (Å²) in [6, 6.07) is 1.78. The lowest BCUT2D eigenvalue weighted by molar-refractivity contribution is -0.122. The Morgan fingerprint density at radius 1 is 1.45 bits per heavy atom. The molecule has 22 heavy (non-hydrogen) atoms. The minimum absolute atomic E-state index is 0.0980. The molecule has 1 saturated heterocycles. The van der Waals surface area contributed by atoms with Gasteiger partial charge in [-0.2, -0.15) is 0 Å².